The van der Waals surface area contributed by atoms with Gasteiger partial charge in [0.1, 0.15) is 11.5 Å². The van der Waals surface area contributed by atoms with Gasteiger partial charge >= 0.3 is 0 Å². The lowest BCUT2D eigenvalue weighted by molar-refractivity contribution is -0.00924. The summed E-state index contributed by atoms with van der Waals surface area (Å²) in [5.41, 5.74) is 0. The molecule has 0 radical (unpaired) electrons. The Balaban J connectivity index is 1.88. The second-order valence-corrected chi connectivity index (χ2v) is 5.17. The van der Waals surface area contributed by atoms with Gasteiger partial charge in [0.2, 0.25) is 0 Å². The van der Waals surface area contributed by atoms with Gasteiger partial charge in [-0.15, -0.1) is 0 Å². The van der Waals surface area contributed by atoms with Crippen molar-refractivity contribution < 1.29 is 9.15 Å². The van der Waals surface area contributed by atoms with E-state index in [1.54, 1.807) is 0 Å². The van der Waals surface area contributed by atoms with E-state index in [9.17, 15) is 0 Å². The highest BCUT2D eigenvalue weighted by atomic mass is 16.5. The third-order valence-electron chi connectivity index (χ3n) is 3.72. The Morgan fingerprint density at radius 2 is 2.22 bits per heavy atom. The van der Waals surface area contributed by atoms with Crippen molar-refractivity contribution in [2.24, 2.45) is 5.92 Å². The first-order valence-electron chi connectivity index (χ1n) is 6.70. The molecule has 1 aromatic heterocycles. The summed E-state index contributed by atoms with van der Waals surface area (Å²) in [6.07, 6.45) is 1.55. The molecule has 2 heterocycles. The van der Waals surface area contributed by atoms with Gasteiger partial charge < -0.3 is 14.5 Å². The van der Waals surface area contributed by atoms with Gasteiger partial charge in [0, 0.05) is 13.7 Å². The molecule has 1 aliphatic heterocycles. The average molecular weight is 252 g/mol. The fourth-order valence-electron chi connectivity index (χ4n) is 2.55. The third kappa shape index (κ3) is 3.34. The van der Waals surface area contributed by atoms with Gasteiger partial charge in [-0.25, -0.2) is 0 Å². The highest BCUT2D eigenvalue weighted by Gasteiger charge is 2.26. The minimum atomic E-state index is 0.352. The van der Waals surface area contributed by atoms with Crippen LogP contribution < -0.4 is 5.32 Å². The lowest BCUT2D eigenvalue weighted by Crippen LogP contribution is -2.43. The van der Waals surface area contributed by atoms with E-state index < -0.39 is 0 Å². The van der Waals surface area contributed by atoms with Crippen LogP contribution in [0.15, 0.2) is 16.5 Å². The zero-order chi connectivity index (χ0) is 13.0. The number of furan rings is 1. The molecule has 0 amide bonds. The predicted octanol–water partition coefficient (Wildman–Crippen LogP) is 1.86. The number of hydrogen-bond acceptors (Lipinski definition) is 4. The van der Waals surface area contributed by atoms with Crippen molar-refractivity contribution in [3.63, 3.8) is 0 Å². The second kappa shape index (κ2) is 6.36. The van der Waals surface area contributed by atoms with Crippen LogP contribution in [0.4, 0.5) is 0 Å². The normalized spacial score (nSPS) is 25.5. The maximum atomic E-state index is 5.78. The first-order chi connectivity index (χ1) is 8.72. The largest absolute Gasteiger partial charge is 0.463 e. The van der Waals surface area contributed by atoms with Crippen molar-refractivity contribution in [3.8, 4) is 0 Å². The summed E-state index contributed by atoms with van der Waals surface area (Å²) in [6.45, 7) is 6.07. The van der Waals surface area contributed by atoms with E-state index in [-0.39, 0.29) is 0 Å². The summed E-state index contributed by atoms with van der Waals surface area (Å²) in [4.78, 5) is 2.41. The van der Waals surface area contributed by atoms with Gasteiger partial charge in [-0.2, -0.15) is 0 Å². The van der Waals surface area contributed by atoms with Crippen molar-refractivity contribution in [1.82, 2.24) is 10.2 Å². The summed E-state index contributed by atoms with van der Waals surface area (Å²) in [6, 6.07) is 4.12. The van der Waals surface area contributed by atoms with Crippen LogP contribution >= 0.6 is 0 Å². The Morgan fingerprint density at radius 1 is 1.44 bits per heavy atom. The minimum absolute atomic E-state index is 0.352. The molecule has 18 heavy (non-hydrogen) atoms. The Kier molecular flexibility index (Phi) is 4.80. The molecule has 0 saturated carbocycles. The highest BCUT2D eigenvalue weighted by Crippen LogP contribution is 2.21. The lowest BCUT2D eigenvalue weighted by Gasteiger charge is -2.35. The van der Waals surface area contributed by atoms with E-state index in [0.717, 1.165) is 37.7 Å². The number of piperidine rings is 1. The number of rotatable bonds is 5. The van der Waals surface area contributed by atoms with E-state index in [1.165, 1.54) is 6.42 Å². The first-order valence-corrected chi connectivity index (χ1v) is 6.70. The van der Waals surface area contributed by atoms with Crippen molar-refractivity contribution in [2.45, 2.75) is 32.5 Å². The molecule has 1 saturated heterocycles. The molecule has 1 N–H and O–H groups in total. The Hall–Kier alpha value is -0.840. The molecule has 4 nitrogen and oxygen atoms in total. The van der Waals surface area contributed by atoms with Crippen LogP contribution in [0.1, 0.15) is 24.9 Å². The zero-order valence-electron chi connectivity index (χ0n) is 11.6. The maximum Gasteiger partial charge on any atom is 0.118 e. The molecule has 1 fully saturated rings. The monoisotopic (exact) mass is 252 g/mol. The van der Waals surface area contributed by atoms with E-state index in [1.807, 2.05) is 20.2 Å². The fraction of sp³-hybridized carbons (Fsp3) is 0.714. The molecule has 0 aliphatic carbocycles. The van der Waals surface area contributed by atoms with Gasteiger partial charge in [0.25, 0.3) is 0 Å². The van der Waals surface area contributed by atoms with Crippen LogP contribution in [0.25, 0.3) is 0 Å². The molecule has 0 spiro atoms. The van der Waals surface area contributed by atoms with Gasteiger partial charge in [0.05, 0.1) is 19.2 Å². The van der Waals surface area contributed by atoms with Crippen LogP contribution in [0.2, 0.25) is 0 Å². The number of nitrogens with zero attached hydrogens (tertiary/aromatic N) is 1. The molecule has 4 heteroatoms. The molecule has 1 aromatic rings. The number of methoxy groups -OCH3 is 1. The fourth-order valence-corrected chi connectivity index (χ4v) is 2.55. The lowest BCUT2D eigenvalue weighted by atomic mass is 9.96. The van der Waals surface area contributed by atoms with E-state index >= 15 is 0 Å². The Morgan fingerprint density at radius 3 is 2.94 bits per heavy atom. The summed E-state index contributed by atoms with van der Waals surface area (Å²) in [5.74, 6) is 2.70. The minimum Gasteiger partial charge on any atom is -0.463 e. The van der Waals surface area contributed by atoms with Gasteiger partial charge in [-0.1, -0.05) is 6.92 Å². The van der Waals surface area contributed by atoms with Crippen molar-refractivity contribution >= 4 is 0 Å². The molecule has 2 atom stereocenters. The highest BCUT2D eigenvalue weighted by molar-refractivity contribution is 5.07. The molecule has 1 aliphatic rings. The van der Waals surface area contributed by atoms with Crippen LogP contribution in [0.3, 0.4) is 0 Å². The summed E-state index contributed by atoms with van der Waals surface area (Å²) < 4.78 is 11.3. The second-order valence-electron chi connectivity index (χ2n) is 5.17. The molecule has 0 aromatic carbocycles. The van der Waals surface area contributed by atoms with E-state index in [2.05, 4.69) is 23.2 Å². The number of nitrogens with one attached hydrogen (secondary N) is 1. The number of likely N-dealkylation sites (tertiary alicyclic amines) is 1. The van der Waals surface area contributed by atoms with Gasteiger partial charge in [-0.3, -0.25) is 4.90 Å². The third-order valence-corrected chi connectivity index (χ3v) is 3.72. The van der Waals surface area contributed by atoms with Gasteiger partial charge in [0.15, 0.2) is 0 Å². The standard InChI is InChI=1S/C14H24N2O2/c1-11-6-7-16(10-14(11)17-3)9-13-5-4-12(18-13)8-15-2/h4-5,11,14-15H,6-10H2,1-3H3. The van der Waals surface area contributed by atoms with Crippen molar-refractivity contribution in [2.75, 3.05) is 27.2 Å². The van der Waals surface area contributed by atoms with Crippen LogP contribution in [0, 0.1) is 5.92 Å². The smallest absolute Gasteiger partial charge is 0.118 e. The van der Waals surface area contributed by atoms with Crippen LogP contribution in [-0.2, 0) is 17.8 Å². The molecule has 2 unspecified atom stereocenters. The molecular weight excluding hydrogens is 228 g/mol. The van der Waals surface area contributed by atoms with Gasteiger partial charge in [-0.05, 0) is 38.1 Å². The maximum absolute atomic E-state index is 5.78. The van der Waals surface area contributed by atoms with E-state index in [0.29, 0.717) is 12.0 Å². The number of hydrogen-bond donors (Lipinski definition) is 1. The zero-order valence-corrected chi connectivity index (χ0v) is 11.6. The molecule has 102 valence electrons. The van der Waals surface area contributed by atoms with Crippen LogP contribution in [0.5, 0.6) is 0 Å². The molecular formula is C14H24N2O2. The SMILES string of the molecule is CNCc1ccc(CN2CCC(C)C(OC)C2)o1. The first kappa shape index (κ1) is 13.6. The van der Waals surface area contributed by atoms with Crippen molar-refractivity contribution in [1.29, 1.82) is 0 Å². The number of ether oxygens (including phenoxy) is 1. The quantitative estimate of drug-likeness (QED) is 0.868. The Bertz CT molecular complexity index is 364. The Labute approximate surface area is 109 Å². The van der Waals surface area contributed by atoms with Crippen LogP contribution in [-0.4, -0.2) is 38.3 Å². The summed E-state index contributed by atoms with van der Waals surface area (Å²) in [7, 11) is 3.74. The summed E-state index contributed by atoms with van der Waals surface area (Å²) in [5, 5.41) is 3.10. The molecule has 0 bridgehead atoms. The topological polar surface area (TPSA) is 37.6 Å². The molecule has 2 rings (SSSR count). The average Bonchev–Trinajstić information content (AvgIpc) is 2.80. The van der Waals surface area contributed by atoms with Crippen molar-refractivity contribution in [3.05, 3.63) is 23.7 Å². The van der Waals surface area contributed by atoms with E-state index in [4.69, 9.17) is 9.15 Å². The predicted molar refractivity (Wildman–Crippen MR) is 71.3 cm³/mol. The summed E-state index contributed by atoms with van der Waals surface area (Å²) >= 11 is 0.